The van der Waals surface area contributed by atoms with E-state index in [1.54, 1.807) is 28.8 Å². The zero-order valence-corrected chi connectivity index (χ0v) is 25.6. The van der Waals surface area contributed by atoms with Gasteiger partial charge in [0.15, 0.2) is 17.3 Å². The van der Waals surface area contributed by atoms with E-state index in [2.05, 4.69) is 44.3 Å². The van der Waals surface area contributed by atoms with Gasteiger partial charge < -0.3 is 14.6 Å². The minimum atomic E-state index is -1.33. The molecule has 0 radical (unpaired) electrons. The Hall–Kier alpha value is -4.13. The highest BCUT2D eigenvalue weighted by Gasteiger charge is 2.36. The Balaban J connectivity index is 1.35. The highest BCUT2D eigenvalue weighted by atomic mass is 28.3. The second-order valence-corrected chi connectivity index (χ2v) is 17.9. The summed E-state index contributed by atoms with van der Waals surface area (Å²) in [5.74, 6) is -0.464. The van der Waals surface area contributed by atoms with Crippen LogP contribution in [-0.2, 0) is 17.1 Å². The van der Waals surface area contributed by atoms with Gasteiger partial charge in [0.1, 0.15) is 18.2 Å². The molecule has 0 bridgehead atoms. The maximum absolute atomic E-state index is 15.6. The number of hydrogen-bond donors (Lipinski definition) is 2. The fraction of sp³-hybridized carbons (Fsp3) is 0.355. The molecule has 1 aliphatic carbocycles. The van der Waals surface area contributed by atoms with Crippen molar-refractivity contribution in [2.24, 2.45) is 0 Å². The maximum atomic E-state index is 15.6. The van der Waals surface area contributed by atoms with Gasteiger partial charge in [-0.05, 0) is 55.5 Å². The molecule has 0 amide bonds. The van der Waals surface area contributed by atoms with Crippen LogP contribution in [0.25, 0.3) is 33.8 Å². The van der Waals surface area contributed by atoms with Crippen molar-refractivity contribution in [2.75, 3.05) is 6.61 Å². The number of aromatic nitrogens is 5. The number of aromatic amines is 1. The zero-order chi connectivity index (χ0) is 30.4. The summed E-state index contributed by atoms with van der Waals surface area (Å²) in [7, 11) is -1.33. The Kier molecular flexibility index (Phi) is 7.53. The van der Waals surface area contributed by atoms with E-state index >= 15 is 4.39 Å². The van der Waals surface area contributed by atoms with Crippen LogP contribution in [0.4, 0.5) is 4.39 Å². The number of aryl methyl sites for hydroxylation is 1. The number of ether oxygens (including phenoxy) is 2. The smallest absolute Gasteiger partial charge is 0.425 e. The van der Waals surface area contributed by atoms with Crippen LogP contribution < -0.4 is 10.5 Å². The summed E-state index contributed by atoms with van der Waals surface area (Å²) < 4.78 is 34.1. The lowest BCUT2D eigenvalue weighted by molar-refractivity contribution is -0.0387. The Labute approximate surface area is 248 Å². The monoisotopic (exact) mass is 603 g/mol. The van der Waals surface area contributed by atoms with Crippen molar-refractivity contribution in [2.45, 2.75) is 64.2 Å². The van der Waals surface area contributed by atoms with E-state index in [1.165, 1.54) is 6.07 Å². The zero-order valence-electron chi connectivity index (χ0n) is 24.6. The van der Waals surface area contributed by atoms with E-state index in [4.69, 9.17) is 9.47 Å². The molecule has 6 rings (SSSR count). The van der Waals surface area contributed by atoms with Crippen LogP contribution in [0.15, 0.2) is 57.8 Å². The summed E-state index contributed by atoms with van der Waals surface area (Å²) in [5, 5.41) is 14.5. The maximum Gasteiger partial charge on any atom is 0.439 e. The second kappa shape index (κ2) is 11.2. The minimum Gasteiger partial charge on any atom is -0.425 e. The number of nitrogens with zero attached hydrogens (tertiary/aromatic N) is 4. The molecule has 2 aromatic carbocycles. The van der Waals surface area contributed by atoms with Crippen molar-refractivity contribution in [1.29, 1.82) is 0 Å². The first-order valence-corrected chi connectivity index (χ1v) is 18.0. The van der Waals surface area contributed by atoms with E-state index in [0.29, 0.717) is 34.6 Å². The number of rotatable bonds is 10. The molecule has 0 unspecified atom stereocenters. The third kappa shape index (κ3) is 6.03. The number of imidazole rings is 1. The molecule has 0 saturated heterocycles. The number of fused-ring (bicyclic) bond motifs is 1. The first-order valence-electron chi connectivity index (χ1n) is 14.3. The van der Waals surface area contributed by atoms with Crippen molar-refractivity contribution in [1.82, 2.24) is 24.7 Å². The Morgan fingerprint density at radius 2 is 1.88 bits per heavy atom. The lowest BCUT2D eigenvalue weighted by Gasteiger charge is -2.37. The van der Waals surface area contributed by atoms with Gasteiger partial charge >= 0.3 is 11.8 Å². The van der Waals surface area contributed by atoms with Gasteiger partial charge in [0.05, 0.1) is 11.1 Å². The fourth-order valence-electron chi connectivity index (χ4n) is 5.05. The Morgan fingerprint density at radius 1 is 1.12 bits per heavy atom. The number of aliphatic hydroxyl groups is 1. The Morgan fingerprint density at radius 3 is 2.53 bits per heavy atom. The molecule has 0 aliphatic heterocycles. The van der Waals surface area contributed by atoms with Crippen LogP contribution in [0.5, 0.6) is 11.8 Å². The molecule has 43 heavy (non-hydrogen) atoms. The van der Waals surface area contributed by atoms with Crippen LogP contribution in [-0.4, -0.2) is 44.5 Å². The van der Waals surface area contributed by atoms with Crippen LogP contribution >= 0.6 is 0 Å². The predicted octanol–water partition coefficient (Wildman–Crippen LogP) is 6.37. The average Bonchev–Trinajstić information content (AvgIpc) is 3.52. The van der Waals surface area contributed by atoms with Gasteiger partial charge in [-0.3, -0.25) is 14.1 Å². The molecular formula is C31H34FN5O5Si. The fourth-order valence-corrected chi connectivity index (χ4v) is 5.81. The molecule has 12 heteroatoms. The van der Waals surface area contributed by atoms with Crippen molar-refractivity contribution < 1.29 is 23.5 Å². The number of hydrogen-bond acceptors (Lipinski definition) is 8. The number of H-pyrrole nitrogens is 1. The van der Waals surface area contributed by atoms with Crippen LogP contribution in [0.3, 0.4) is 0 Å². The standard InChI is InChI=1S/C31H34FN5O5Si/c1-19-6-11-22(16-23(19)27-35-30(38)42-36-27)41-29-34-28-25(37(29)18-40-14-15-43(2,3)4)17-24(32)26(33-28)20-7-9-21(10-8-20)31(39)12-5-13-31/h6-11,16-17,39H,5,12-15,18H2,1-4H3,(H,35,36,38). The predicted molar refractivity (Wildman–Crippen MR) is 162 cm³/mol. The van der Waals surface area contributed by atoms with Gasteiger partial charge in [-0.15, -0.1) is 0 Å². The first-order chi connectivity index (χ1) is 20.5. The second-order valence-electron chi connectivity index (χ2n) is 12.3. The minimum absolute atomic E-state index is 0.0966. The highest BCUT2D eigenvalue weighted by Crippen LogP contribution is 2.41. The van der Waals surface area contributed by atoms with E-state index in [1.807, 2.05) is 25.1 Å². The average molecular weight is 604 g/mol. The lowest BCUT2D eigenvalue weighted by Crippen LogP contribution is -2.33. The molecule has 2 N–H and O–H groups in total. The summed E-state index contributed by atoms with van der Waals surface area (Å²) in [6, 6.07) is 15.1. The van der Waals surface area contributed by atoms with Gasteiger partial charge in [0.2, 0.25) is 0 Å². The van der Waals surface area contributed by atoms with E-state index in [-0.39, 0.29) is 24.3 Å². The van der Waals surface area contributed by atoms with Crippen LogP contribution in [0.1, 0.15) is 30.4 Å². The molecule has 10 nitrogen and oxygen atoms in total. The summed E-state index contributed by atoms with van der Waals surface area (Å²) in [6.07, 6.45) is 2.44. The number of pyridine rings is 1. The molecule has 224 valence electrons. The molecular weight excluding hydrogens is 569 g/mol. The molecule has 0 spiro atoms. The third-order valence-corrected chi connectivity index (χ3v) is 9.57. The van der Waals surface area contributed by atoms with Gasteiger partial charge in [-0.1, -0.05) is 55.1 Å². The van der Waals surface area contributed by atoms with Gasteiger partial charge in [-0.2, -0.15) is 4.98 Å². The van der Waals surface area contributed by atoms with Crippen LogP contribution in [0.2, 0.25) is 25.7 Å². The lowest BCUT2D eigenvalue weighted by atomic mass is 9.75. The third-order valence-electron chi connectivity index (χ3n) is 7.87. The largest absolute Gasteiger partial charge is 0.439 e. The summed E-state index contributed by atoms with van der Waals surface area (Å²) in [6.45, 7) is 9.34. The molecule has 3 heterocycles. The summed E-state index contributed by atoms with van der Waals surface area (Å²) in [5.41, 5.74) is 2.97. The molecule has 1 saturated carbocycles. The molecule has 1 aliphatic rings. The normalized spacial score (nSPS) is 14.7. The van der Waals surface area contributed by atoms with Gasteiger partial charge in [0, 0.05) is 31.9 Å². The summed E-state index contributed by atoms with van der Waals surface area (Å²) >= 11 is 0. The highest BCUT2D eigenvalue weighted by molar-refractivity contribution is 6.76. The van der Waals surface area contributed by atoms with E-state index in [9.17, 15) is 9.90 Å². The number of nitrogens with one attached hydrogen (secondary N) is 1. The number of benzene rings is 2. The van der Waals surface area contributed by atoms with Crippen molar-refractivity contribution >= 4 is 19.2 Å². The molecule has 5 aromatic rings. The van der Waals surface area contributed by atoms with Crippen molar-refractivity contribution in [3.63, 3.8) is 0 Å². The SMILES string of the molecule is Cc1ccc(Oc2nc3nc(-c4ccc(C5(O)CCC5)cc4)c(F)cc3n2COCC[Si](C)(C)C)cc1-c1noc(=O)[nH]1. The van der Waals surface area contributed by atoms with Gasteiger partial charge in [-0.25, -0.2) is 14.2 Å². The molecule has 3 aromatic heterocycles. The van der Waals surface area contributed by atoms with Crippen molar-refractivity contribution in [3.05, 3.63) is 76.0 Å². The van der Waals surface area contributed by atoms with E-state index in [0.717, 1.165) is 36.4 Å². The summed E-state index contributed by atoms with van der Waals surface area (Å²) in [4.78, 5) is 23.3. The topological polar surface area (TPSA) is 128 Å². The number of halogens is 1. The molecule has 1 fully saturated rings. The van der Waals surface area contributed by atoms with Crippen LogP contribution in [0, 0.1) is 12.7 Å². The van der Waals surface area contributed by atoms with Crippen molar-refractivity contribution in [3.8, 4) is 34.4 Å². The molecule has 0 atom stereocenters. The van der Waals surface area contributed by atoms with E-state index < -0.39 is 25.2 Å². The Bertz CT molecular complexity index is 1840. The first kappa shape index (κ1) is 29.0. The van der Waals surface area contributed by atoms with Gasteiger partial charge in [0.25, 0.3) is 0 Å². The quantitative estimate of drug-likeness (QED) is 0.139.